The number of ether oxygens (including phenoxy) is 2. The number of nitrogens with two attached hydrogens (primary N) is 2. The Hall–Kier alpha value is -1.70. The van der Waals surface area contributed by atoms with Gasteiger partial charge in [-0.2, -0.15) is 0 Å². The van der Waals surface area contributed by atoms with E-state index < -0.39 is 5.91 Å². The Morgan fingerprint density at radius 3 is 2.60 bits per heavy atom. The van der Waals surface area contributed by atoms with E-state index >= 15 is 0 Å². The first-order valence-electron chi connectivity index (χ1n) is 7.57. The fourth-order valence-electron chi connectivity index (χ4n) is 2.67. The fourth-order valence-corrected chi connectivity index (χ4v) is 2.94. The molecule has 2 rings (SSSR count). The molecule has 1 heterocycles. The summed E-state index contributed by atoms with van der Waals surface area (Å²) in [6, 6.07) is 3.05. The smallest absolute Gasteiger partial charge is 0.255 e. The number of rotatable bonds is 6. The molecule has 25 heavy (non-hydrogen) atoms. The Morgan fingerprint density at radius 2 is 2.08 bits per heavy atom. The van der Waals surface area contributed by atoms with Crippen molar-refractivity contribution in [1.82, 2.24) is 4.90 Å². The summed E-state index contributed by atoms with van der Waals surface area (Å²) in [7, 11) is 1.43. The molecule has 0 saturated carbocycles. The lowest BCUT2D eigenvalue weighted by molar-refractivity contribution is -0.119. The molecule has 1 fully saturated rings. The van der Waals surface area contributed by atoms with Crippen LogP contribution in [0.2, 0.25) is 5.02 Å². The summed E-state index contributed by atoms with van der Waals surface area (Å²) in [6.45, 7) is 3.51. The van der Waals surface area contributed by atoms with Gasteiger partial charge in [0, 0.05) is 18.7 Å². The van der Waals surface area contributed by atoms with Crippen molar-refractivity contribution in [2.45, 2.75) is 13.3 Å². The van der Waals surface area contributed by atoms with Crippen LogP contribution < -0.4 is 20.9 Å². The third-order valence-corrected chi connectivity index (χ3v) is 4.45. The summed E-state index contributed by atoms with van der Waals surface area (Å²) in [6.07, 6.45) is 0.861. The molecule has 0 aromatic heterocycles. The lowest BCUT2D eigenvalue weighted by Crippen LogP contribution is -2.34. The van der Waals surface area contributed by atoms with Gasteiger partial charge in [0.05, 0.1) is 12.1 Å². The summed E-state index contributed by atoms with van der Waals surface area (Å²) in [5, 5.41) is 0.180. The number of benzene rings is 1. The highest BCUT2D eigenvalue weighted by Crippen LogP contribution is 2.37. The van der Waals surface area contributed by atoms with Crippen molar-refractivity contribution in [3.8, 4) is 11.5 Å². The number of amides is 2. The van der Waals surface area contributed by atoms with Crippen LogP contribution in [0.15, 0.2) is 12.1 Å². The molecule has 1 aromatic rings. The van der Waals surface area contributed by atoms with E-state index in [4.69, 9.17) is 32.5 Å². The predicted molar refractivity (Wildman–Crippen MR) is 97.6 cm³/mol. The van der Waals surface area contributed by atoms with Crippen LogP contribution in [0.5, 0.6) is 11.5 Å². The van der Waals surface area contributed by atoms with E-state index in [1.807, 2.05) is 0 Å². The first-order valence-corrected chi connectivity index (χ1v) is 7.95. The highest BCUT2D eigenvalue weighted by atomic mass is 35.5. The number of methoxy groups -OCH3 is 1. The average molecular weight is 392 g/mol. The van der Waals surface area contributed by atoms with Gasteiger partial charge in [0.1, 0.15) is 0 Å². The molecule has 2 amide bonds. The molecule has 1 aliphatic rings. The first-order chi connectivity index (χ1) is 11.3. The molecule has 0 spiro atoms. The van der Waals surface area contributed by atoms with Crippen molar-refractivity contribution in [3.63, 3.8) is 0 Å². The van der Waals surface area contributed by atoms with Crippen LogP contribution in [0.25, 0.3) is 0 Å². The monoisotopic (exact) mass is 391 g/mol. The van der Waals surface area contributed by atoms with Crippen LogP contribution in [-0.4, -0.2) is 50.1 Å². The second-order valence-corrected chi connectivity index (χ2v) is 6.64. The summed E-state index contributed by atoms with van der Waals surface area (Å²) < 4.78 is 10.5. The maximum atomic E-state index is 12.7. The molecular weight excluding hydrogens is 369 g/mol. The number of carbonyl (C=O) groups excluding carboxylic acids is 2. The Kier molecular flexibility index (Phi) is 7.34. The summed E-state index contributed by atoms with van der Waals surface area (Å²) >= 11 is 6.18. The molecule has 0 bridgehead atoms. The number of hydrogen-bond acceptors (Lipinski definition) is 5. The van der Waals surface area contributed by atoms with Gasteiger partial charge in [-0.15, -0.1) is 12.4 Å². The second kappa shape index (κ2) is 8.60. The molecule has 7 nitrogen and oxygen atoms in total. The van der Waals surface area contributed by atoms with Gasteiger partial charge < -0.3 is 25.8 Å². The van der Waals surface area contributed by atoms with Gasteiger partial charge in [-0.05, 0) is 30.5 Å². The van der Waals surface area contributed by atoms with E-state index in [1.54, 1.807) is 11.0 Å². The number of likely N-dealkylation sites (tertiary alicyclic amines) is 1. The molecule has 1 atom stereocenters. The van der Waals surface area contributed by atoms with Crippen molar-refractivity contribution < 1.29 is 19.1 Å². The minimum Gasteiger partial charge on any atom is -0.493 e. The van der Waals surface area contributed by atoms with E-state index in [2.05, 4.69) is 6.92 Å². The van der Waals surface area contributed by atoms with Crippen molar-refractivity contribution >= 4 is 35.8 Å². The van der Waals surface area contributed by atoms with E-state index in [0.29, 0.717) is 25.2 Å². The van der Waals surface area contributed by atoms with Gasteiger partial charge in [0.15, 0.2) is 18.1 Å². The number of nitrogens with zero attached hydrogens (tertiary/aromatic N) is 1. The standard InChI is InChI=1S/C16H22ClN3O4.ClH/c1-16(8-18)3-4-20(9-16)15(22)10-5-11(17)14(12(6-10)23-2)24-7-13(19)21;/h5-6H,3-4,7-9,18H2,1-2H3,(H2,19,21);1H. The molecule has 4 N–H and O–H groups in total. The van der Waals surface area contributed by atoms with Crippen LogP contribution in [0.3, 0.4) is 0 Å². The molecule has 0 radical (unpaired) electrons. The van der Waals surface area contributed by atoms with E-state index in [0.717, 1.165) is 6.42 Å². The second-order valence-electron chi connectivity index (χ2n) is 6.24. The number of primary amides is 1. The third kappa shape index (κ3) is 4.90. The number of carbonyl (C=O) groups is 2. The summed E-state index contributed by atoms with van der Waals surface area (Å²) in [4.78, 5) is 25.3. The van der Waals surface area contributed by atoms with E-state index in [1.165, 1.54) is 13.2 Å². The zero-order chi connectivity index (χ0) is 17.9. The lowest BCUT2D eigenvalue weighted by atomic mass is 9.90. The highest BCUT2D eigenvalue weighted by Gasteiger charge is 2.35. The van der Waals surface area contributed by atoms with Crippen molar-refractivity contribution in [2.24, 2.45) is 16.9 Å². The van der Waals surface area contributed by atoms with E-state index in [-0.39, 0.29) is 46.9 Å². The highest BCUT2D eigenvalue weighted by molar-refractivity contribution is 6.32. The maximum absolute atomic E-state index is 12.7. The number of halogens is 2. The molecule has 1 unspecified atom stereocenters. The van der Waals surface area contributed by atoms with Gasteiger partial charge >= 0.3 is 0 Å². The first kappa shape index (κ1) is 21.3. The minimum absolute atomic E-state index is 0. The Labute approximate surface area is 158 Å². The van der Waals surface area contributed by atoms with Crippen LogP contribution in [0.1, 0.15) is 23.7 Å². The molecule has 1 aromatic carbocycles. The van der Waals surface area contributed by atoms with Crippen molar-refractivity contribution in [3.05, 3.63) is 22.7 Å². The van der Waals surface area contributed by atoms with Crippen LogP contribution in [0.4, 0.5) is 0 Å². The lowest BCUT2D eigenvalue weighted by Gasteiger charge is -2.23. The van der Waals surface area contributed by atoms with Crippen molar-refractivity contribution in [2.75, 3.05) is 33.4 Å². The average Bonchev–Trinajstić information content (AvgIpc) is 2.95. The van der Waals surface area contributed by atoms with Crippen LogP contribution >= 0.6 is 24.0 Å². The molecule has 1 aliphatic heterocycles. The van der Waals surface area contributed by atoms with E-state index in [9.17, 15) is 9.59 Å². The van der Waals surface area contributed by atoms with Crippen molar-refractivity contribution in [1.29, 1.82) is 0 Å². The Bertz CT molecular complexity index is 657. The molecule has 140 valence electrons. The van der Waals surface area contributed by atoms with Gasteiger partial charge in [-0.3, -0.25) is 9.59 Å². The quantitative estimate of drug-likeness (QED) is 0.762. The summed E-state index contributed by atoms with van der Waals surface area (Å²) in [5.41, 5.74) is 11.2. The predicted octanol–water partition coefficient (Wildman–Crippen LogP) is 1.45. The minimum atomic E-state index is -0.633. The molecule has 1 saturated heterocycles. The maximum Gasteiger partial charge on any atom is 0.255 e. The topological polar surface area (TPSA) is 108 Å². The Balaban J connectivity index is 0.00000312. The van der Waals surface area contributed by atoms with Gasteiger partial charge in [0.2, 0.25) is 0 Å². The van der Waals surface area contributed by atoms with Gasteiger partial charge in [0.25, 0.3) is 11.8 Å². The summed E-state index contributed by atoms with van der Waals surface area (Å²) in [5.74, 6) is -0.323. The normalized spacial score (nSPS) is 19.3. The SMILES string of the molecule is COc1cc(C(=O)N2CCC(C)(CN)C2)cc(Cl)c1OCC(N)=O.Cl. The number of hydrogen-bond donors (Lipinski definition) is 2. The van der Waals surface area contributed by atoms with Crippen LogP contribution in [0, 0.1) is 5.41 Å². The molecular formula is C16H23Cl2N3O4. The third-order valence-electron chi connectivity index (χ3n) is 4.17. The molecule has 9 heteroatoms. The molecule has 0 aliphatic carbocycles. The zero-order valence-electron chi connectivity index (χ0n) is 14.2. The van der Waals surface area contributed by atoms with Crippen LogP contribution in [-0.2, 0) is 4.79 Å². The van der Waals surface area contributed by atoms with Gasteiger partial charge in [-0.25, -0.2) is 0 Å². The van der Waals surface area contributed by atoms with Gasteiger partial charge in [-0.1, -0.05) is 18.5 Å². The fraction of sp³-hybridized carbons (Fsp3) is 0.500. The Morgan fingerprint density at radius 1 is 1.40 bits per heavy atom. The largest absolute Gasteiger partial charge is 0.493 e. The zero-order valence-corrected chi connectivity index (χ0v) is 15.8.